The van der Waals surface area contributed by atoms with E-state index in [4.69, 9.17) is 0 Å². The summed E-state index contributed by atoms with van der Waals surface area (Å²) in [5.41, 5.74) is 0. The maximum Gasteiger partial charge on any atom is 0.0161 e. The molecule has 0 bridgehead atoms. The minimum Gasteiger partial charge on any atom is -0.242 e. The van der Waals surface area contributed by atoms with Crippen molar-refractivity contribution < 1.29 is 0 Å². The lowest BCUT2D eigenvalue weighted by Crippen LogP contribution is -2.24. The molecule has 1 nitrogen and oxygen atoms in total. The van der Waals surface area contributed by atoms with Crippen molar-refractivity contribution in [2.45, 2.75) is 45.4 Å². The zero-order valence-corrected chi connectivity index (χ0v) is 7.68. The van der Waals surface area contributed by atoms with Crippen LogP contribution in [0.1, 0.15) is 45.4 Å². The lowest BCUT2D eigenvalue weighted by Gasteiger charge is -2.20. The summed E-state index contributed by atoms with van der Waals surface area (Å²) >= 11 is 0. The van der Waals surface area contributed by atoms with E-state index in [-0.39, 0.29) is 0 Å². The van der Waals surface area contributed by atoms with Crippen LogP contribution in [0.4, 0.5) is 0 Å². The van der Waals surface area contributed by atoms with Gasteiger partial charge in [0.2, 0.25) is 0 Å². The quantitative estimate of drug-likeness (QED) is 0.553. The molecule has 1 fully saturated rings. The van der Waals surface area contributed by atoms with Crippen LogP contribution in [0.3, 0.4) is 0 Å². The van der Waals surface area contributed by atoms with Crippen LogP contribution in [0.2, 0.25) is 0 Å². The predicted molar refractivity (Wildman–Crippen MR) is 48.7 cm³/mol. The van der Waals surface area contributed by atoms with Gasteiger partial charge in [0.15, 0.2) is 0 Å². The number of nitrogens with zero attached hydrogens (tertiary/aromatic N) is 1. The Hall–Kier alpha value is -0.0400. The molecule has 0 amide bonds. The Morgan fingerprint density at radius 1 is 1.36 bits per heavy atom. The average Bonchev–Trinajstić information content (AvgIpc) is 2.07. The zero-order valence-electron chi connectivity index (χ0n) is 7.68. The second kappa shape index (κ2) is 5.59. The molecule has 1 radical (unpaired) electrons. The first kappa shape index (κ1) is 9.05. The number of unbranched alkanes of at least 4 members (excludes halogenated alkanes) is 2. The monoisotopic (exact) mass is 154 g/mol. The molecule has 0 N–H and O–H groups in total. The second-order valence-electron chi connectivity index (χ2n) is 3.63. The molecule has 0 aromatic heterocycles. The summed E-state index contributed by atoms with van der Waals surface area (Å²) in [4.78, 5) is 0. The first-order valence-corrected chi connectivity index (χ1v) is 5.06. The molecule has 0 spiro atoms. The minimum atomic E-state index is 0.940. The topological polar surface area (TPSA) is 14.1 Å². The van der Waals surface area contributed by atoms with E-state index < -0.39 is 0 Å². The molecule has 1 unspecified atom stereocenters. The molecule has 11 heavy (non-hydrogen) atoms. The highest BCUT2D eigenvalue weighted by atomic mass is 14.9. The average molecular weight is 154 g/mol. The lowest BCUT2D eigenvalue weighted by molar-refractivity contribution is 0.343. The second-order valence-corrected chi connectivity index (χ2v) is 3.63. The van der Waals surface area contributed by atoms with Crippen LogP contribution in [-0.4, -0.2) is 13.1 Å². The number of piperidine rings is 1. The summed E-state index contributed by atoms with van der Waals surface area (Å²) in [7, 11) is 0. The molecule has 0 saturated carbocycles. The molecule has 1 heteroatoms. The summed E-state index contributed by atoms with van der Waals surface area (Å²) in [6.07, 6.45) is 8.40. The zero-order chi connectivity index (χ0) is 7.94. The van der Waals surface area contributed by atoms with E-state index in [1.165, 1.54) is 38.5 Å². The molecular weight excluding hydrogens is 134 g/mol. The molecule has 1 aliphatic heterocycles. The van der Waals surface area contributed by atoms with Gasteiger partial charge in [-0.2, -0.15) is 0 Å². The Morgan fingerprint density at radius 2 is 2.27 bits per heavy atom. The van der Waals surface area contributed by atoms with Crippen LogP contribution in [0.5, 0.6) is 0 Å². The fourth-order valence-corrected chi connectivity index (χ4v) is 1.78. The van der Waals surface area contributed by atoms with E-state index in [2.05, 4.69) is 12.2 Å². The molecule has 1 atom stereocenters. The van der Waals surface area contributed by atoms with E-state index in [1.807, 2.05) is 0 Å². The number of hydrogen-bond donors (Lipinski definition) is 0. The number of hydrogen-bond acceptors (Lipinski definition) is 0. The molecule has 1 saturated heterocycles. The van der Waals surface area contributed by atoms with Crippen molar-refractivity contribution in [1.29, 1.82) is 0 Å². The summed E-state index contributed by atoms with van der Waals surface area (Å²) in [6.45, 7) is 4.55. The van der Waals surface area contributed by atoms with E-state index >= 15 is 0 Å². The molecule has 65 valence electrons. The summed E-state index contributed by atoms with van der Waals surface area (Å²) in [6, 6.07) is 0. The van der Waals surface area contributed by atoms with Crippen molar-refractivity contribution >= 4 is 0 Å². The predicted octanol–water partition coefficient (Wildman–Crippen LogP) is 2.58. The molecule has 1 rings (SSSR count). The lowest BCUT2D eigenvalue weighted by atomic mass is 9.94. The van der Waals surface area contributed by atoms with Crippen LogP contribution < -0.4 is 5.32 Å². The highest BCUT2D eigenvalue weighted by molar-refractivity contribution is 4.68. The SMILES string of the molecule is CCCCCC1CCC[N]C1. The van der Waals surface area contributed by atoms with Crippen molar-refractivity contribution in [3.63, 3.8) is 0 Å². The van der Waals surface area contributed by atoms with Crippen LogP contribution in [0.25, 0.3) is 0 Å². The van der Waals surface area contributed by atoms with Gasteiger partial charge in [-0.15, -0.1) is 0 Å². The number of rotatable bonds is 4. The third kappa shape index (κ3) is 3.76. The van der Waals surface area contributed by atoms with E-state index in [0.29, 0.717) is 0 Å². The van der Waals surface area contributed by atoms with Crippen LogP contribution >= 0.6 is 0 Å². The molecule has 1 heterocycles. The highest BCUT2D eigenvalue weighted by Crippen LogP contribution is 2.17. The van der Waals surface area contributed by atoms with Gasteiger partial charge >= 0.3 is 0 Å². The van der Waals surface area contributed by atoms with Gasteiger partial charge in [-0.1, -0.05) is 26.2 Å². The van der Waals surface area contributed by atoms with Crippen LogP contribution in [0, 0.1) is 5.92 Å². The molecule has 0 aromatic rings. The minimum absolute atomic E-state index is 0.940. The summed E-state index contributed by atoms with van der Waals surface area (Å²) < 4.78 is 0. The Balaban J connectivity index is 1.96. The van der Waals surface area contributed by atoms with Crippen molar-refractivity contribution in [3.8, 4) is 0 Å². The first-order valence-electron chi connectivity index (χ1n) is 5.06. The van der Waals surface area contributed by atoms with E-state index in [9.17, 15) is 0 Å². The van der Waals surface area contributed by atoms with Gasteiger partial charge in [0, 0.05) is 13.1 Å². The van der Waals surface area contributed by atoms with Gasteiger partial charge in [0.05, 0.1) is 0 Å². The van der Waals surface area contributed by atoms with Crippen molar-refractivity contribution in [2.24, 2.45) is 5.92 Å². The van der Waals surface area contributed by atoms with Gasteiger partial charge in [0.1, 0.15) is 0 Å². The highest BCUT2D eigenvalue weighted by Gasteiger charge is 2.12. The summed E-state index contributed by atoms with van der Waals surface area (Å²) in [5.74, 6) is 0.940. The molecule has 1 aliphatic rings. The van der Waals surface area contributed by atoms with Gasteiger partial charge in [-0.25, -0.2) is 5.32 Å². The van der Waals surface area contributed by atoms with Crippen LogP contribution in [0.15, 0.2) is 0 Å². The van der Waals surface area contributed by atoms with Gasteiger partial charge in [0.25, 0.3) is 0 Å². The fourth-order valence-electron chi connectivity index (χ4n) is 1.78. The van der Waals surface area contributed by atoms with E-state index in [1.54, 1.807) is 0 Å². The molecule has 0 aliphatic carbocycles. The van der Waals surface area contributed by atoms with Crippen molar-refractivity contribution in [1.82, 2.24) is 5.32 Å². The normalized spacial score (nSPS) is 25.4. The smallest absolute Gasteiger partial charge is 0.0161 e. The first-order chi connectivity index (χ1) is 5.43. The Kier molecular flexibility index (Phi) is 4.60. The summed E-state index contributed by atoms with van der Waals surface area (Å²) in [5, 5.41) is 4.44. The Labute approximate surface area is 70.6 Å². The standard InChI is InChI=1S/C10H20N/c1-2-3-4-6-10-7-5-8-11-9-10/h10H,2-9H2,1H3. The van der Waals surface area contributed by atoms with Crippen molar-refractivity contribution in [2.75, 3.05) is 13.1 Å². The fraction of sp³-hybridized carbons (Fsp3) is 1.00. The van der Waals surface area contributed by atoms with Gasteiger partial charge < -0.3 is 0 Å². The third-order valence-corrected chi connectivity index (χ3v) is 2.53. The van der Waals surface area contributed by atoms with Gasteiger partial charge in [-0.3, -0.25) is 0 Å². The van der Waals surface area contributed by atoms with Crippen molar-refractivity contribution in [3.05, 3.63) is 0 Å². The van der Waals surface area contributed by atoms with Gasteiger partial charge in [-0.05, 0) is 25.2 Å². The largest absolute Gasteiger partial charge is 0.242 e. The Morgan fingerprint density at radius 3 is 2.91 bits per heavy atom. The molecular formula is C10H20N. The molecule has 0 aromatic carbocycles. The third-order valence-electron chi connectivity index (χ3n) is 2.53. The maximum atomic E-state index is 4.44. The van der Waals surface area contributed by atoms with Crippen LogP contribution in [-0.2, 0) is 0 Å². The Bertz CT molecular complexity index is 84.9. The van der Waals surface area contributed by atoms with E-state index in [0.717, 1.165) is 19.0 Å². The maximum absolute atomic E-state index is 4.44.